The number of ketones is 1. The van der Waals surface area contributed by atoms with Gasteiger partial charge in [-0.25, -0.2) is 0 Å². The number of thiophene rings is 1. The van der Waals surface area contributed by atoms with E-state index in [2.05, 4.69) is 11.4 Å². The van der Waals surface area contributed by atoms with E-state index in [1.165, 1.54) is 4.88 Å². The van der Waals surface area contributed by atoms with Crippen molar-refractivity contribution in [2.75, 3.05) is 4.90 Å². The first-order valence-corrected chi connectivity index (χ1v) is 13.2. The second-order valence-corrected chi connectivity index (χ2v) is 11.0. The molecule has 0 saturated heterocycles. The molecule has 0 fully saturated rings. The molecule has 172 valence electrons. The molecule has 0 radical (unpaired) electrons. The van der Waals surface area contributed by atoms with Crippen molar-refractivity contribution in [2.45, 2.75) is 57.3 Å². The number of aryl methyl sites for hydroxylation is 1. The minimum atomic E-state index is -0.662. The molecule has 6 rings (SSSR count). The average Bonchev–Trinajstić information content (AvgIpc) is 3.03. The Labute approximate surface area is 211 Å². The van der Waals surface area contributed by atoms with Crippen molar-refractivity contribution >= 4 is 51.2 Å². The number of rotatable bonds is 1. The van der Waals surface area contributed by atoms with Crippen molar-refractivity contribution < 1.29 is 9.59 Å². The number of nitriles is 1. The molecule has 1 amide bonds. The predicted octanol–water partition coefficient (Wildman–Crippen LogP) is 6.41. The molecule has 8 heteroatoms. The number of nitrogens with one attached hydrogen (secondary N) is 1. The molecule has 0 bridgehead atoms. The molecule has 1 atom stereocenters. The third kappa shape index (κ3) is 3.11. The topological polar surface area (TPSA) is 73.2 Å². The Morgan fingerprint density at radius 3 is 2.71 bits per heavy atom. The lowest BCUT2D eigenvalue weighted by Crippen LogP contribution is -2.46. The Morgan fingerprint density at radius 2 is 1.88 bits per heavy atom. The number of carbonyl (C=O) groups is 2. The summed E-state index contributed by atoms with van der Waals surface area (Å²) < 4.78 is 0. The highest BCUT2D eigenvalue weighted by Crippen LogP contribution is 2.53. The van der Waals surface area contributed by atoms with Crippen LogP contribution in [-0.4, -0.2) is 11.7 Å². The number of allylic oxidation sites excluding steroid dienone is 3. The number of halogens is 2. The van der Waals surface area contributed by atoms with Gasteiger partial charge in [-0.2, -0.15) is 5.26 Å². The maximum absolute atomic E-state index is 13.4. The Balaban J connectivity index is 1.63. The minimum Gasteiger partial charge on any atom is -0.307 e. The summed E-state index contributed by atoms with van der Waals surface area (Å²) in [7, 11) is 0. The van der Waals surface area contributed by atoms with E-state index in [0.29, 0.717) is 51.0 Å². The van der Waals surface area contributed by atoms with E-state index >= 15 is 0 Å². The van der Waals surface area contributed by atoms with E-state index in [1.807, 2.05) is 11.0 Å². The Hall–Kier alpha value is -2.59. The molecule has 1 N–H and O–H groups in total. The van der Waals surface area contributed by atoms with Crippen LogP contribution < -0.4 is 10.2 Å². The van der Waals surface area contributed by atoms with Crippen LogP contribution in [0, 0.1) is 11.3 Å². The maximum Gasteiger partial charge on any atom is 0.260 e. The van der Waals surface area contributed by atoms with Crippen molar-refractivity contribution in [1.82, 2.24) is 5.32 Å². The van der Waals surface area contributed by atoms with Crippen LogP contribution in [0.2, 0.25) is 10.0 Å². The first-order chi connectivity index (χ1) is 16.5. The minimum absolute atomic E-state index is 0.0191. The fraction of sp³-hybridized carbons (Fsp3) is 0.346. The van der Waals surface area contributed by atoms with Gasteiger partial charge in [-0.1, -0.05) is 41.8 Å². The Kier molecular flexibility index (Phi) is 5.33. The van der Waals surface area contributed by atoms with Crippen LogP contribution in [0.1, 0.15) is 70.8 Å². The largest absolute Gasteiger partial charge is 0.307 e. The average molecular weight is 510 g/mol. The fourth-order valence-corrected chi connectivity index (χ4v) is 7.59. The van der Waals surface area contributed by atoms with Gasteiger partial charge in [0.15, 0.2) is 5.78 Å². The molecule has 4 aliphatic rings. The van der Waals surface area contributed by atoms with Crippen molar-refractivity contribution in [2.24, 2.45) is 0 Å². The zero-order valence-electron chi connectivity index (χ0n) is 18.3. The number of anilines is 1. The van der Waals surface area contributed by atoms with Gasteiger partial charge in [0.2, 0.25) is 0 Å². The second-order valence-electron chi connectivity index (χ2n) is 9.12. The SMILES string of the molecule is N#CC1=C2NC(=O)c3c(sc4c3CCCCC4)N2C2=C(C(=O)CCC2)C1c1cccc(Cl)c1Cl. The molecule has 1 aromatic carbocycles. The molecule has 0 spiro atoms. The predicted molar refractivity (Wildman–Crippen MR) is 133 cm³/mol. The van der Waals surface area contributed by atoms with Gasteiger partial charge >= 0.3 is 0 Å². The van der Waals surface area contributed by atoms with Crippen molar-refractivity contribution in [3.63, 3.8) is 0 Å². The van der Waals surface area contributed by atoms with Crippen LogP contribution in [-0.2, 0) is 17.6 Å². The lowest BCUT2D eigenvalue weighted by molar-refractivity contribution is -0.116. The van der Waals surface area contributed by atoms with Crippen LogP contribution in [0.5, 0.6) is 0 Å². The normalized spacial score (nSPS) is 21.8. The molecule has 1 aromatic heterocycles. The summed E-state index contributed by atoms with van der Waals surface area (Å²) in [5, 5.41) is 14.9. The van der Waals surface area contributed by atoms with Crippen LogP contribution >= 0.6 is 34.5 Å². The Morgan fingerprint density at radius 1 is 1.06 bits per heavy atom. The van der Waals surface area contributed by atoms with Gasteiger partial charge in [0.25, 0.3) is 5.91 Å². The van der Waals surface area contributed by atoms with E-state index in [9.17, 15) is 14.9 Å². The molecular formula is C26H21Cl2N3O2S. The smallest absolute Gasteiger partial charge is 0.260 e. The molecule has 2 aliphatic carbocycles. The zero-order valence-corrected chi connectivity index (χ0v) is 20.7. The van der Waals surface area contributed by atoms with Gasteiger partial charge in [-0.05, 0) is 55.7 Å². The van der Waals surface area contributed by atoms with Gasteiger partial charge in [0.1, 0.15) is 10.8 Å². The first kappa shape index (κ1) is 21.9. The van der Waals surface area contributed by atoms with Crippen molar-refractivity contribution in [1.29, 1.82) is 5.26 Å². The van der Waals surface area contributed by atoms with E-state index in [1.54, 1.807) is 23.5 Å². The highest BCUT2D eigenvalue weighted by Gasteiger charge is 2.46. The van der Waals surface area contributed by atoms with Gasteiger partial charge in [-0.3, -0.25) is 14.5 Å². The van der Waals surface area contributed by atoms with Crippen LogP contribution in [0.15, 0.2) is 40.9 Å². The molecular weight excluding hydrogens is 489 g/mol. The van der Waals surface area contributed by atoms with Crippen molar-refractivity contribution in [3.05, 3.63) is 72.5 Å². The van der Waals surface area contributed by atoms with E-state index in [4.69, 9.17) is 23.2 Å². The number of amides is 1. The van der Waals surface area contributed by atoms with E-state index < -0.39 is 5.92 Å². The molecule has 34 heavy (non-hydrogen) atoms. The van der Waals surface area contributed by atoms with Gasteiger partial charge in [-0.15, -0.1) is 11.3 Å². The quantitative estimate of drug-likeness (QED) is 0.450. The fourth-order valence-electron chi connectivity index (χ4n) is 5.75. The van der Waals surface area contributed by atoms with E-state index in [0.717, 1.165) is 54.8 Å². The number of carbonyl (C=O) groups excluding carboxylic acids is 2. The lowest BCUT2D eigenvalue weighted by atomic mass is 9.75. The molecule has 2 aromatic rings. The number of fused-ring (bicyclic) bond motifs is 6. The summed E-state index contributed by atoms with van der Waals surface area (Å²) >= 11 is 14.6. The van der Waals surface area contributed by atoms with Gasteiger partial charge in [0.05, 0.1) is 33.2 Å². The molecule has 2 aliphatic heterocycles. The standard InChI is InChI=1S/C26H21Cl2N3O2S/c27-16-8-4-7-14(23(16)28)20-15(12-29)24-30-25(33)21-13-6-2-1-3-11-19(13)34-26(21)31(24)17-9-5-10-18(32)22(17)20/h4,7-8,20H,1-3,5-6,9-11H2,(H,30,33). The molecule has 0 saturated carbocycles. The summed E-state index contributed by atoms with van der Waals surface area (Å²) in [6.07, 6.45) is 7.04. The Bertz CT molecular complexity index is 1380. The second kappa shape index (κ2) is 8.27. The van der Waals surface area contributed by atoms with Gasteiger partial charge in [0, 0.05) is 22.6 Å². The summed E-state index contributed by atoms with van der Waals surface area (Å²) in [4.78, 5) is 30.1. The zero-order chi connectivity index (χ0) is 23.6. The van der Waals surface area contributed by atoms with Crippen molar-refractivity contribution in [3.8, 4) is 6.07 Å². The highest BCUT2D eigenvalue weighted by atomic mass is 35.5. The molecule has 3 heterocycles. The summed E-state index contributed by atoms with van der Waals surface area (Å²) in [5.74, 6) is -0.364. The number of nitrogens with zero attached hydrogens (tertiary/aromatic N) is 2. The van der Waals surface area contributed by atoms with Gasteiger partial charge < -0.3 is 5.32 Å². The number of hydrogen-bond donors (Lipinski definition) is 1. The maximum atomic E-state index is 13.4. The third-order valence-electron chi connectivity index (χ3n) is 7.23. The lowest BCUT2D eigenvalue weighted by Gasteiger charge is -2.42. The first-order valence-electron chi connectivity index (χ1n) is 11.6. The van der Waals surface area contributed by atoms with Crippen LogP contribution in [0.3, 0.4) is 0 Å². The third-order valence-corrected chi connectivity index (χ3v) is 9.34. The summed E-state index contributed by atoms with van der Waals surface area (Å²) in [6, 6.07) is 7.59. The number of benzene rings is 1. The van der Waals surface area contributed by atoms with Crippen LogP contribution in [0.25, 0.3) is 0 Å². The summed E-state index contributed by atoms with van der Waals surface area (Å²) in [5.41, 5.74) is 4.25. The molecule has 1 unspecified atom stereocenters. The van der Waals surface area contributed by atoms with Crippen LogP contribution in [0.4, 0.5) is 5.00 Å². The molecule has 5 nitrogen and oxygen atoms in total. The van der Waals surface area contributed by atoms with E-state index in [-0.39, 0.29) is 11.7 Å². The monoisotopic (exact) mass is 509 g/mol. The highest BCUT2D eigenvalue weighted by molar-refractivity contribution is 7.17. The summed E-state index contributed by atoms with van der Waals surface area (Å²) in [6.45, 7) is 0. The number of hydrogen-bond acceptors (Lipinski definition) is 5. The number of Topliss-reactive ketones (excluding diaryl/α,β-unsaturated/α-hetero) is 1.